The van der Waals surface area contributed by atoms with Crippen LogP contribution in [-0.4, -0.2) is 62.5 Å². The van der Waals surface area contributed by atoms with Gasteiger partial charge in [-0.3, -0.25) is 14.4 Å². The van der Waals surface area contributed by atoms with Crippen LogP contribution in [0.4, 0.5) is 14.5 Å². The first-order valence-electron chi connectivity index (χ1n) is 9.69. The van der Waals surface area contributed by atoms with Gasteiger partial charge in [0, 0.05) is 19.2 Å². The van der Waals surface area contributed by atoms with Gasteiger partial charge >= 0.3 is 0 Å². The van der Waals surface area contributed by atoms with Crippen LogP contribution in [-0.2, 0) is 4.74 Å². The summed E-state index contributed by atoms with van der Waals surface area (Å²) in [5, 5.41) is 0. The van der Waals surface area contributed by atoms with Crippen LogP contribution in [0, 0.1) is 0 Å². The first-order chi connectivity index (χ1) is 14.9. The molecule has 9 heteroatoms. The third kappa shape index (κ3) is 4.72. The lowest BCUT2D eigenvalue weighted by molar-refractivity contribution is 0.0478. The summed E-state index contributed by atoms with van der Waals surface area (Å²) in [6, 6.07) is 10.5. The van der Waals surface area contributed by atoms with E-state index in [0.29, 0.717) is 18.0 Å². The summed E-state index contributed by atoms with van der Waals surface area (Å²) in [6.45, 7) is 1.63. The summed E-state index contributed by atoms with van der Waals surface area (Å²) in [4.78, 5) is 40.4. The summed E-state index contributed by atoms with van der Waals surface area (Å²) in [5.41, 5.74) is 0.605. The number of imide groups is 1. The van der Waals surface area contributed by atoms with Gasteiger partial charge in [0.25, 0.3) is 24.1 Å². The molecule has 3 amide bonds. The number of carbonyl (C=O) groups excluding carboxylic acids is 3. The van der Waals surface area contributed by atoms with Gasteiger partial charge in [0.15, 0.2) is 0 Å². The minimum atomic E-state index is -2.71. The van der Waals surface area contributed by atoms with Gasteiger partial charge in [-0.15, -0.1) is 0 Å². The van der Waals surface area contributed by atoms with Gasteiger partial charge in [-0.1, -0.05) is 0 Å². The molecule has 0 bridgehead atoms. The number of methoxy groups -OCH3 is 1. The van der Waals surface area contributed by atoms with Crippen LogP contribution in [0.15, 0.2) is 42.5 Å². The number of amides is 3. The molecule has 2 aromatic carbocycles. The number of anilines is 1. The van der Waals surface area contributed by atoms with E-state index in [1.54, 1.807) is 24.3 Å². The number of rotatable bonds is 9. The first kappa shape index (κ1) is 22.4. The van der Waals surface area contributed by atoms with E-state index in [1.165, 1.54) is 25.3 Å². The molecule has 2 aromatic rings. The maximum Gasteiger partial charge on any atom is 0.266 e. The molecule has 7 nitrogen and oxygen atoms in total. The highest BCUT2D eigenvalue weighted by molar-refractivity contribution is 6.34. The summed E-state index contributed by atoms with van der Waals surface area (Å²) in [7, 11) is 1.40. The maximum atomic E-state index is 12.9. The molecule has 0 unspecified atom stereocenters. The number of fused-ring (bicyclic) bond motifs is 1. The molecular weight excluding hydrogens is 410 g/mol. The number of hydrogen-bond donors (Lipinski definition) is 0. The number of ether oxygens (including phenoxy) is 2. The Kier molecular flexibility index (Phi) is 6.96. The fraction of sp³-hybridized carbons (Fsp3) is 0.318. The van der Waals surface area contributed by atoms with Crippen LogP contribution in [0.5, 0.6) is 5.75 Å². The van der Waals surface area contributed by atoms with Crippen molar-refractivity contribution in [1.82, 2.24) is 4.90 Å². The predicted octanol–water partition coefficient (Wildman–Crippen LogP) is 3.24. The zero-order valence-electron chi connectivity index (χ0n) is 17.1. The molecule has 0 aliphatic carbocycles. The van der Waals surface area contributed by atoms with Crippen LogP contribution in [0.25, 0.3) is 0 Å². The molecule has 1 aliphatic heterocycles. The molecule has 1 heterocycles. The molecule has 0 aromatic heterocycles. The number of nitrogens with zero attached hydrogens (tertiary/aromatic N) is 2. The Morgan fingerprint density at radius 2 is 1.74 bits per heavy atom. The highest BCUT2D eigenvalue weighted by Crippen LogP contribution is 2.30. The molecule has 0 saturated heterocycles. The predicted molar refractivity (Wildman–Crippen MR) is 109 cm³/mol. The smallest absolute Gasteiger partial charge is 0.266 e. The van der Waals surface area contributed by atoms with Crippen molar-refractivity contribution in [2.24, 2.45) is 0 Å². The van der Waals surface area contributed by atoms with E-state index in [-0.39, 0.29) is 29.8 Å². The number of hydrogen-bond acceptors (Lipinski definition) is 5. The van der Waals surface area contributed by atoms with Gasteiger partial charge in [0.2, 0.25) is 0 Å². The van der Waals surface area contributed by atoms with E-state index in [1.807, 2.05) is 6.92 Å². The molecule has 0 atom stereocenters. The lowest BCUT2D eigenvalue weighted by Gasteiger charge is -2.22. The second-order valence-electron chi connectivity index (χ2n) is 6.77. The molecule has 0 spiro atoms. The summed E-state index contributed by atoms with van der Waals surface area (Å²) in [6.07, 6.45) is -2.71. The van der Waals surface area contributed by atoms with Crippen LogP contribution in [0.1, 0.15) is 38.0 Å². The molecule has 164 valence electrons. The summed E-state index contributed by atoms with van der Waals surface area (Å²) in [5.74, 6) is -1.17. The molecule has 0 radical (unpaired) electrons. The minimum Gasteiger partial charge on any atom is -0.494 e. The topological polar surface area (TPSA) is 76.2 Å². The van der Waals surface area contributed by atoms with Gasteiger partial charge in [-0.25, -0.2) is 13.7 Å². The number of alkyl halides is 2. The van der Waals surface area contributed by atoms with Crippen LogP contribution < -0.4 is 9.64 Å². The molecule has 31 heavy (non-hydrogen) atoms. The molecule has 0 saturated carbocycles. The van der Waals surface area contributed by atoms with E-state index < -0.39 is 30.7 Å². The molecule has 0 fully saturated rings. The van der Waals surface area contributed by atoms with E-state index in [0.717, 1.165) is 9.80 Å². The molecular formula is C22H22F2N2O5. The Bertz CT molecular complexity index is 978. The SMILES string of the molecule is CCOc1ccc(N2C(=O)c3ccc(C(=O)N(CCOC)CC(F)F)cc3C2=O)cc1. The third-order valence-electron chi connectivity index (χ3n) is 4.75. The van der Waals surface area contributed by atoms with Crippen LogP contribution in [0.2, 0.25) is 0 Å². The Labute approximate surface area is 178 Å². The normalized spacial score (nSPS) is 13.0. The fourth-order valence-electron chi connectivity index (χ4n) is 3.29. The zero-order chi connectivity index (χ0) is 22.5. The highest BCUT2D eigenvalue weighted by Gasteiger charge is 2.37. The standard InChI is InChI=1S/C22H22F2N2O5/c1-3-31-16-7-5-15(6-8-16)26-21(28)17-9-4-14(12-18(17)22(26)29)20(27)25(10-11-30-2)13-19(23)24/h4-9,12,19H,3,10-11,13H2,1-2H3. The second-order valence-corrected chi connectivity index (χ2v) is 6.77. The van der Waals surface area contributed by atoms with Crippen molar-refractivity contribution in [2.75, 3.05) is 38.3 Å². The summed E-state index contributed by atoms with van der Waals surface area (Å²) >= 11 is 0. The van der Waals surface area contributed by atoms with Gasteiger partial charge < -0.3 is 14.4 Å². The zero-order valence-corrected chi connectivity index (χ0v) is 17.1. The van der Waals surface area contributed by atoms with Crippen molar-refractivity contribution >= 4 is 23.4 Å². The van der Waals surface area contributed by atoms with Gasteiger partial charge in [-0.2, -0.15) is 0 Å². The van der Waals surface area contributed by atoms with E-state index >= 15 is 0 Å². The number of carbonyl (C=O) groups is 3. The molecule has 0 N–H and O–H groups in total. The quantitative estimate of drug-likeness (QED) is 0.569. The monoisotopic (exact) mass is 432 g/mol. The Hall–Kier alpha value is -3.33. The molecule has 3 rings (SSSR count). The summed E-state index contributed by atoms with van der Waals surface area (Å²) < 4.78 is 36.0. The lowest BCUT2D eigenvalue weighted by atomic mass is 10.0. The average molecular weight is 432 g/mol. The van der Waals surface area contributed by atoms with Crippen molar-refractivity contribution in [3.8, 4) is 5.75 Å². The van der Waals surface area contributed by atoms with Gasteiger partial charge in [0.1, 0.15) is 5.75 Å². The second kappa shape index (κ2) is 9.65. The third-order valence-corrected chi connectivity index (χ3v) is 4.75. The highest BCUT2D eigenvalue weighted by atomic mass is 19.3. The van der Waals surface area contributed by atoms with Crippen molar-refractivity contribution in [3.63, 3.8) is 0 Å². The lowest BCUT2D eigenvalue weighted by Crippen LogP contribution is -2.37. The first-order valence-corrected chi connectivity index (χ1v) is 9.69. The van der Waals surface area contributed by atoms with Gasteiger partial charge in [0.05, 0.1) is 36.6 Å². The molecule has 1 aliphatic rings. The Balaban J connectivity index is 1.87. The van der Waals surface area contributed by atoms with E-state index in [9.17, 15) is 23.2 Å². The van der Waals surface area contributed by atoms with E-state index in [2.05, 4.69) is 0 Å². The average Bonchev–Trinajstić information content (AvgIpc) is 3.01. The van der Waals surface area contributed by atoms with Crippen molar-refractivity contribution in [1.29, 1.82) is 0 Å². The minimum absolute atomic E-state index is 0.0259. The van der Waals surface area contributed by atoms with Crippen LogP contribution in [0.3, 0.4) is 0 Å². The maximum absolute atomic E-state index is 12.9. The van der Waals surface area contributed by atoms with E-state index in [4.69, 9.17) is 9.47 Å². The number of halogens is 2. The number of benzene rings is 2. The van der Waals surface area contributed by atoms with Crippen molar-refractivity contribution in [2.45, 2.75) is 13.3 Å². The van der Waals surface area contributed by atoms with Crippen molar-refractivity contribution < 1.29 is 32.6 Å². The van der Waals surface area contributed by atoms with Crippen molar-refractivity contribution in [3.05, 3.63) is 59.2 Å². The fourth-order valence-corrected chi connectivity index (χ4v) is 3.29. The Morgan fingerprint density at radius 1 is 1.06 bits per heavy atom. The van der Waals surface area contributed by atoms with Crippen LogP contribution >= 0.6 is 0 Å². The largest absolute Gasteiger partial charge is 0.494 e. The Morgan fingerprint density at radius 3 is 2.35 bits per heavy atom. The van der Waals surface area contributed by atoms with Gasteiger partial charge in [-0.05, 0) is 49.4 Å².